The summed E-state index contributed by atoms with van der Waals surface area (Å²) in [5.41, 5.74) is 0.458. The molecular formula is C18H17ClN2O6S. The SMILES string of the molecule is CC(=O)c1cc2c(cc1NC(=O)CN(C)S(=O)(=O)c1ccc(Cl)cc1)OCO2. The van der Waals surface area contributed by atoms with Gasteiger partial charge in [-0.1, -0.05) is 11.6 Å². The van der Waals surface area contributed by atoms with Gasteiger partial charge in [0.1, 0.15) is 0 Å². The number of rotatable bonds is 6. The fourth-order valence-corrected chi connectivity index (χ4v) is 3.85. The molecule has 1 amide bonds. The van der Waals surface area contributed by atoms with Crippen LogP contribution in [-0.2, 0) is 14.8 Å². The van der Waals surface area contributed by atoms with E-state index in [0.29, 0.717) is 16.5 Å². The van der Waals surface area contributed by atoms with Crippen molar-refractivity contribution in [3.8, 4) is 11.5 Å². The zero-order valence-electron chi connectivity index (χ0n) is 15.1. The smallest absolute Gasteiger partial charge is 0.243 e. The van der Waals surface area contributed by atoms with E-state index in [1.165, 1.54) is 50.4 Å². The highest BCUT2D eigenvalue weighted by Crippen LogP contribution is 2.37. The zero-order chi connectivity index (χ0) is 20.5. The molecule has 10 heteroatoms. The van der Waals surface area contributed by atoms with Gasteiger partial charge in [-0.05, 0) is 37.3 Å². The molecule has 0 aromatic heterocycles. The fourth-order valence-electron chi connectivity index (χ4n) is 2.60. The highest BCUT2D eigenvalue weighted by Gasteiger charge is 2.25. The monoisotopic (exact) mass is 424 g/mol. The summed E-state index contributed by atoms with van der Waals surface area (Å²) < 4.78 is 36.5. The van der Waals surface area contributed by atoms with Gasteiger partial charge in [-0.3, -0.25) is 9.59 Å². The molecule has 28 heavy (non-hydrogen) atoms. The highest BCUT2D eigenvalue weighted by atomic mass is 35.5. The van der Waals surface area contributed by atoms with Gasteiger partial charge in [-0.15, -0.1) is 0 Å². The lowest BCUT2D eigenvalue weighted by Gasteiger charge is -2.17. The molecule has 1 heterocycles. The number of nitrogens with one attached hydrogen (secondary N) is 1. The largest absolute Gasteiger partial charge is 0.454 e. The third-order valence-corrected chi connectivity index (χ3v) is 6.12. The summed E-state index contributed by atoms with van der Waals surface area (Å²) in [6.45, 7) is 0.924. The van der Waals surface area contributed by atoms with Crippen molar-refractivity contribution < 1.29 is 27.5 Å². The first kappa shape index (κ1) is 20.1. The van der Waals surface area contributed by atoms with Crippen molar-refractivity contribution in [2.75, 3.05) is 25.7 Å². The van der Waals surface area contributed by atoms with Crippen LogP contribution in [0.3, 0.4) is 0 Å². The van der Waals surface area contributed by atoms with E-state index >= 15 is 0 Å². The van der Waals surface area contributed by atoms with E-state index < -0.39 is 22.5 Å². The summed E-state index contributed by atoms with van der Waals surface area (Å²) in [6, 6.07) is 8.58. The van der Waals surface area contributed by atoms with Gasteiger partial charge < -0.3 is 14.8 Å². The molecule has 2 aromatic rings. The Labute approximate surface area is 167 Å². The maximum absolute atomic E-state index is 12.6. The average molecular weight is 425 g/mol. The van der Waals surface area contributed by atoms with Gasteiger partial charge in [0, 0.05) is 23.7 Å². The van der Waals surface area contributed by atoms with Gasteiger partial charge in [0.2, 0.25) is 22.7 Å². The molecule has 0 spiro atoms. The Morgan fingerprint density at radius 2 is 1.75 bits per heavy atom. The number of ketones is 1. The summed E-state index contributed by atoms with van der Waals surface area (Å²) in [7, 11) is -2.59. The van der Waals surface area contributed by atoms with Crippen LogP contribution in [0, 0.1) is 0 Å². The Bertz CT molecular complexity index is 1040. The minimum atomic E-state index is -3.88. The second-order valence-electron chi connectivity index (χ2n) is 6.07. The maximum Gasteiger partial charge on any atom is 0.243 e. The predicted molar refractivity (Wildman–Crippen MR) is 102 cm³/mol. The first-order valence-electron chi connectivity index (χ1n) is 8.15. The Morgan fingerprint density at radius 1 is 1.14 bits per heavy atom. The van der Waals surface area contributed by atoms with Gasteiger partial charge >= 0.3 is 0 Å². The van der Waals surface area contributed by atoms with Crippen LogP contribution in [0.4, 0.5) is 5.69 Å². The standard InChI is InChI=1S/C18H17ClN2O6S/c1-11(22)14-7-16-17(27-10-26-16)8-15(14)20-18(23)9-21(2)28(24,25)13-5-3-12(19)4-6-13/h3-8H,9-10H2,1-2H3,(H,20,23). The lowest BCUT2D eigenvalue weighted by molar-refractivity contribution is -0.116. The number of Topliss-reactive ketones (excluding diaryl/α,β-unsaturated/α-hetero) is 1. The van der Waals surface area contributed by atoms with Crippen LogP contribution in [0.15, 0.2) is 41.3 Å². The van der Waals surface area contributed by atoms with Gasteiger partial charge in [-0.25, -0.2) is 8.42 Å². The molecule has 8 nitrogen and oxygen atoms in total. The van der Waals surface area contributed by atoms with Crippen LogP contribution in [0.25, 0.3) is 0 Å². The van der Waals surface area contributed by atoms with Crippen molar-refractivity contribution in [3.63, 3.8) is 0 Å². The molecule has 0 unspecified atom stereocenters. The zero-order valence-corrected chi connectivity index (χ0v) is 16.6. The number of ether oxygens (including phenoxy) is 2. The topological polar surface area (TPSA) is 102 Å². The maximum atomic E-state index is 12.6. The Morgan fingerprint density at radius 3 is 2.36 bits per heavy atom. The first-order chi connectivity index (χ1) is 13.2. The minimum Gasteiger partial charge on any atom is -0.454 e. The minimum absolute atomic E-state index is 0.0136. The number of fused-ring (bicyclic) bond motifs is 1. The summed E-state index contributed by atoms with van der Waals surface area (Å²) in [5.74, 6) is -0.0924. The van der Waals surface area contributed by atoms with Gasteiger partial charge in [0.25, 0.3) is 0 Å². The third-order valence-electron chi connectivity index (χ3n) is 4.05. The first-order valence-corrected chi connectivity index (χ1v) is 9.96. The van der Waals surface area contributed by atoms with Crippen molar-refractivity contribution in [1.29, 1.82) is 0 Å². The lowest BCUT2D eigenvalue weighted by Crippen LogP contribution is -2.35. The fraction of sp³-hybridized carbons (Fsp3) is 0.222. The van der Waals surface area contributed by atoms with Gasteiger partial charge in [0.05, 0.1) is 17.1 Å². The van der Waals surface area contributed by atoms with Crippen molar-refractivity contribution in [2.24, 2.45) is 0 Å². The number of hydrogen-bond donors (Lipinski definition) is 1. The highest BCUT2D eigenvalue weighted by molar-refractivity contribution is 7.89. The number of hydrogen-bond acceptors (Lipinski definition) is 6. The molecule has 0 radical (unpaired) electrons. The van der Waals surface area contributed by atoms with E-state index in [4.69, 9.17) is 21.1 Å². The summed E-state index contributed by atoms with van der Waals surface area (Å²) in [5, 5.41) is 2.96. The number of carbonyl (C=O) groups is 2. The molecular weight excluding hydrogens is 408 g/mol. The quantitative estimate of drug-likeness (QED) is 0.715. The molecule has 148 valence electrons. The van der Waals surface area contributed by atoms with Crippen LogP contribution >= 0.6 is 11.6 Å². The molecule has 0 aliphatic carbocycles. The lowest BCUT2D eigenvalue weighted by atomic mass is 10.1. The van der Waals surface area contributed by atoms with E-state index in [9.17, 15) is 18.0 Å². The number of sulfonamides is 1. The van der Waals surface area contributed by atoms with Gasteiger partial charge in [0.15, 0.2) is 17.3 Å². The van der Waals surface area contributed by atoms with E-state index in [-0.39, 0.29) is 28.7 Å². The van der Waals surface area contributed by atoms with Crippen molar-refractivity contribution in [3.05, 3.63) is 47.0 Å². The number of halogens is 1. The second-order valence-corrected chi connectivity index (χ2v) is 8.55. The van der Waals surface area contributed by atoms with Crippen molar-refractivity contribution in [1.82, 2.24) is 4.31 Å². The summed E-state index contributed by atoms with van der Waals surface area (Å²) >= 11 is 5.78. The number of nitrogens with zero attached hydrogens (tertiary/aromatic N) is 1. The molecule has 0 saturated heterocycles. The molecule has 2 aromatic carbocycles. The van der Waals surface area contributed by atoms with Crippen molar-refractivity contribution in [2.45, 2.75) is 11.8 Å². The number of likely N-dealkylation sites (N-methyl/N-ethyl adjacent to an activating group) is 1. The van der Waals surface area contributed by atoms with Crippen LogP contribution in [-0.4, -0.2) is 44.8 Å². The molecule has 0 saturated carbocycles. The molecule has 1 N–H and O–H groups in total. The molecule has 3 rings (SSSR count). The Hall–Kier alpha value is -2.62. The van der Waals surface area contributed by atoms with Crippen LogP contribution < -0.4 is 14.8 Å². The van der Waals surface area contributed by atoms with E-state index in [1.807, 2.05) is 0 Å². The average Bonchev–Trinajstić information content (AvgIpc) is 3.08. The normalized spacial score (nSPS) is 12.9. The molecule has 1 aliphatic rings. The number of benzene rings is 2. The number of anilines is 1. The van der Waals surface area contributed by atoms with Crippen LogP contribution in [0.2, 0.25) is 5.02 Å². The van der Waals surface area contributed by atoms with E-state index in [2.05, 4.69) is 5.32 Å². The molecule has 0 bridgehead atoms. The van der Waals surface area contributed by atoms with Crippen LogP contribution in [0.1, 0.15) is 17.3 Å². The summed E-state index contributed by atoms with van der Waals surface area (Å²) in [4.78, 5) is 24.3. The Kier molecular flexibility index (Phi) is 5.59. The van der Waals surface area contributed by atoms with Crippen molar-refractivity contribution >= 4 is 39.0 Å². The van der Waals surface area contributed by atoms with E-state index in [0.717, 1.165) is 4.31 Å². The predicted octanol–water partition coefficient (Wildman–Crippen LogP) is 2.53. The van der Waals surface area contributed by atoms with E-state index in [1.54, 1.807) is 0 Å². The summed E-state index contributed by atoms with van der Waals surface area (Å²) in [6.07, 6.45) is 0. The third kappa shape index (κ3) is 4.11. The molecule has 1 aliphatic heterocycles. The van der Waals surface area contributed by atoms with Gasteiger partial charge in [-0.2, -0.15) is 4.31 Å². The second kappa shape index (κ2) is 7.78. The van der Waals surface area contributed by atoms with Crippen LogP contribution in [0.5, 0.6) is 11.5 Å². The Balaban J connectivity index is 1.77. The molecule has 0 atom stereocenters. The molecule has 0 fully saturated rings. The number of amides is 1. The number of carbonyl (C=O) groups excluding carboxylic acids is 2.